The summed E-state index contributed by atoms with van der Waals surface area (Å²) < 4.78 is 0. The molecule has 0 aliphatic heterocycles. The summed E-state index contributed by atoms with van der Waals surface area (Å²) in [7, 11) is 0. The molecule has 0 aliphatic rings. The van der Waals surface area contributed by atoms with Gasteiger partial charge in [-0.3, -0.25) is 9.59 Å². The van der Waals surface area contributed by atoms with E-state index in [0.717, 1.165) is 11.1 Å². The van der Waals surface area contributed by atoms with Gasteiger partial charge < -0.3 is 10.8 Å². The van der Waals surface area contributed by atoms with Crippen LogP contribution in [0, 0.1) is 6.92 Å². The highest BCUT2D eigenvalue weighted by atomic mass is 16.4. The van der Waals surface area contributed by atoms with Crippen molar-refractivity contribution in [2.45, 2.75) is 45.6 Å². The van der Waals surface area contributed by atoms with Crippen LogP contribution in [0.15, 0.2) is 18.2 Å². The first-order valence-corrected chi connectivity index (χ1v) is 6.25. The van der Waals surface area contributed by atoms with Gasteiger partial charge in [-0.1, -0.05) is 39.0 Å². The van der Waals surface area contributed by atoms with Crippen LogP contribution in [0.1, 0.15) is 48.7 Å². The minimum Gasteiger partial charge on any atom is -0.481 e. The lowest BCUT2D eigenvalue weighted by molar-refractivity contribution is -0.137. The van der Waals surface area contributed by atoms with Crippen LogP contribution in [-0.4, -0.2) is 22.9 Å². The van der Waals surface area contributed by atoms with E-state index in [4.69, 9.17) is 10.8 Å². The molecule has 0 aliphatic carbocycles. The average molecular weight is 263 g/mol. The molecule has 1 aromatic rings. The summed E-state index contributed by atoms with van der Waals surface area (Å²) in [4.78, 5) is 22.7. The zero-order chi connectivity index (χ0) is 14.8. The summed E-state index contributed by atoms with van der Waals surface area (Å²) >= 11 is 0. The summed E-state index contributed by atoms with van der Waals surface area (Å²) in [6.45, 7) is 8.13. The lowest BCUT2D eigenvalue weighted by Crippen LogP contribution is -2.33. The molecular formula is C15H21NO3. The molecule has 0 radical (unpaired) electrons. The zero-order valence-electron chi connectivity index (χ0n) is 11.9. The molecule has 0 bridgehead atoms. The fourth-order valence-electron chi connectivity index (χ4n) is 1.89. The summed E-state index contributed by atoms with van der Waals surface area (Å²) in [5.74, 6) is -1.38. The molecule has 4 nitrogen and oxygen atoms in total. The van der Waals surface area contributed by atoms with Gasteiger partial charge in [0.15, 0.2) is 5.78 Å². The lowest BCUT2D eigenvalue weighted by atomic mass is 9.84. The highest BCUT2D eigenvalue weighted by molar-refractivity contribution is 6.02. The van der Waals surface area contributed by atoms with Crippen molar-refractivity contribution in [2.75, 3.05) is 0 Å². The highest BCUT2D eigenvalue weighted by Crippen LogP contribution is 2.24. The second-order valence-electron chi connectivity index (χ2n) is 5.85. The Morgan fingerprint density at radius 3 is 2.32 bits per heavy atom. The van der Waals surface area contributed by atoms with Gasteiger partial charge in [0.05, 0.1) is 12.5 Å². The predicted molar refractivity (Wildman–Crippen MR) is 74.4 cm³/mol. The molecule has 3 N–H and O–H groups in total. The Labute approximate surface area is 113 Å². The van der Waals surface area contributed by atoms with Gasteiger partial charge in [-0.25, -0.2) is 0 Å². The average Bonchev–Trinajstić information content (AvgIpc) is 2.25. The zero-order valence-corrected chi connectivity index (χ0v) is 11.9. The first kappa shape index (κ1) is 15.4. The third-order valence-corrected chi connectivity index (χ3v) is 3.09. The number of rotatable bonds is 4. The highest BCUT2D eigenvalue weighted by Gasteiger charge is 2.22. The number of hydrogen-bond acceptors (Lipinski definition) is 3. The van der Waals surface area contributed by atoms with Gasteiger partial charge in [-0.2, -0.15) is 0 Å². The predicted octanol–water partition coefficient (Wildman–Crippen LogP) is 2.28. The van der Waals surface area contributed by atoms with E-state index >= 15 is 0 Å². The standard InChI is InChI=1S/C15H21NO3/c1-9-7-10(15(2,3)4)5-6-11(9)14(19)12(16)8-13(17)18/h5-7,12H,8,16H2,1-4H3,(H,17,18). The monoisotopic (exact) mass is 263 g/mol. The second-order valence-corrected chi connectivity index (χ2v) is 5.85. The lowest BCUT2D eigenvalue weighted by Gasteiger charge is -2.20. The maximum absolute atomic E-state index is 12.1. The van der Waals surface area contributed by atoms with Crippen molar-refractivity contribution in [3.05, 3.63) is 34.9 Å². The number of carboxylic acid groups (broad SMARTS) is 1. The van der Waals surface area contributed by atoms with Crippen LogP contribution in [0.5, 0.6) is 0 Å². The number of carbonyl (C=O) groups is 2. The third-order valence-electron chi connectivity index (χ3n) is 3.09. The number of carboxylic acids is 1. The quantitative estimate of drug-likeness (QED) is 0.817. The van der Waals surface area contributed by atoms with Crippen molar-refractivity contribution in [3.63, 3.8) is 0 Å². The number of nitrogens with two attached hydrogens (primary N) is 1. The molecule has 0 fully saturated rings. The van der Waals surface area contributed by atoms with Crippen LogP contribution >= 0.6 is 0 Å². The van der Waals surface area contributed by atoms with Crippen LogP contribution in [0.25, 0.3) is 0 Å². The van der Waals surface area contributed by atoms with Gasteiger partial charge in [0, 0.05) is 5.56 Å². The van der Waals surface area contributed by atoms with Crippen LogP contribution in [0.3, 0.4) is 0 Å². The molecule has 0 aromatic heterocycles. The second kappa shape index (κ2) is 5.53. The van der Waals surface area contributed by atoms with Gasteiger partial charge in [0.2, 0.25) is 0 Å². The minimum atomic E-state index is -1.06. The maximum atomic E-state index is 12.1. The Hall–Kier alpha value is -1.68. The van der Waals surface area contributed by atoms with Crippen molar-refractivity contribution in [1.82, 2.24) is 0 Å². The van der Waals surface area contributed by atoms with Gasteiger partial charge in [-0.15, -0.1) is 0 Å². The molecule has 0 saturated heterocycles. The summed E-state index contributed by atoms with van der Waals surface area (Å²) in [6.07, 6.45) is -0.348. The number of carbonyl (C=O) groups excluding carboxylic acids is 1. The molecule has 19 heavy (non-hydrogen) atoms. The maximum Gasteiger partial charge on any atom is 0.305 e. The fraction of sp³-hybridized carbons (Fsp3) is 0.467. The van der Waals surface area contributed by atoms with E-state index < -0.39 is 12.0 Å². The molecule has 0 saturated carbocycles. The number of hydrogen-bond donors (Lipinski definition) is 2. The van der Waals surface area contributed by atoms with Crippen LogP contribution in [0.2, 0.25) is 0 Å². The first-order chi connectivity index (χ1) is 8.62. The number of aliphatic carboxylic acids is 1. The summed E-state index contributed by atoms with van der Waals surface area (Å²) in [6, 6.07) is 4.60. The normalized spacial score (nSPS) is 13.1. The topological polar surface area (TPSA) is 80.4 Å². The van der Waals surface area contributed by atoms with Crippen molar-refractivity contribution in [2.24, 2.45) is 5.73 Å². The molecule has 1 unspecified atom stereocenters. The third kappa shape index (κ3) is 3.89. The molecule has 1 rings (SSSR count). The molecule has 0 heterocycles. The summed E-state index contributed by atoms with van der Waals surface area (Å²) in [5.41, 5.74) is 8.09. The smallest absolute Gasteiger partial charge is 0.305 e. The Morgan fingerprint density at radius 1 is 1.32 bits per heavy atom. The largest absolute Gasteiger partial charge is 0.481 e. The molecule has 0 spiro atoms. The van der Waals surface area contributed by atoms with Crippen molar-refractivity contribution < 1.29 is 14.7 Å². The van der Waals surface area contributed by atoms with Crippen LogP contribution < -0.4 is 5.73 Å². The Morgan fingerprint density at radius 2 is 1.89 bits per heavy atom. The Bertz CT molecular complexity index is 501. The molecule has 104 valence electrons. The van der Waals surface area contributed by atoms with E-state index in [1.54, 1.807) is 6.07 Å². The first-order valence-electron chi connectivity index (χ1n) is 6.25. The van der Waals surface area contributed by atoms with E-state index in [0.29, 0.717) is 5.56 Å². The van der Waals surface area contributed by atoms with Gasteiger partial charge in [0.25, 0.3) is 0 Å². The van der Waals surface area contributed by atoms with Crippen molar-refractivity contribution in [3.8, 4) is 0 Å². The van der Waals surface area contributed by atoms with Gasteiger partial charge in [0.1, 0.15) is 0 Å². The number of Topliss-reactive ketones (excluding diaryl/α,β-unsaturated/α-hetero) is 1. The Balaban J connectivity index is 3.03. The van der Waals surface area contributed by atoms with E-state index in [9.17, 15) is 9.59 Å². The molecule has 4 heteroatoms. The SMILES string of the molecule is Cc1cc(C(C)(C)C)ccc1C(=O)C(N)CC(=O)O. The molecular weight excluding hydrogens is 242 g/mol. The van der Waals surface area contributed by atoms with Crippen LogP contribution in [-0.2, 0) is 10.2 Å². The van der Waals surface area contributed by atoms with Gasteiger partial charge >= 0.3 is 5.97 Å². The van der Waals surface area contributed by atoms with E-state index in [1.165, 1.54) is 0 Å². The van der Waals surface area contributed by atoms with Crippen molar-refractivity contribution in [1.29, 1.82) is 0 Å². The fourth-order valence-corrected chi connectivity index (χ4v) is 1.89. The van der Waals surface area contributed by atoms with Crippen LogP contribution in [0.4, 0.5) is 0 Å². The molecule has 1 aromatic carbocycles. The molecule has 0 amide bonds. The van der Waals surface area contributed by atoms with E-state index in [-0.39, 0.29) is 17.6 Å². The van der Waals surface area contributed by atoms with E-state index in [1.807, 2.05) is 19.1 Å². The number of ketones is 1. The van der Waals surface area contributed by atoms with E-state index in [2.05, 4.69) is 20.8 Å². The number of benzene rings is 1. The minimum absolute atomic E-state index is 0.00944. The van der Waals surface area contributed by atoms with Crippen molar-refractivity contribution >= 4 is 11.8 Å². The Kier molecular flexibility index (Phi) is 4.48. The number of aryl methyl sites for hydroxylation is 1. The summed E-state index contributed by atoms with van der Waals surface area (Å²) in [5, 5.41) is 8.67. The van der Waals surface area contributed by atoms with Gasteiger partial charge in [-0.05, 0) is 23.5 Å². The molecule has 1 atom stereocenters.